The number of nitrogens with zero attached hydrogens (tertiary/aromatic N) is 1. The van der Waals surface area contributed by atoms with Gasteiger partial charge in [0.2, 0.25) is 5.91 Å². The van der Waals surface area contributed by atoms with E-state index in [1.807, 2.05) is 0 Å². The predicted octanol–water partition coefficient (Wildman–Crippen LogP) is 1.10. The number of amides is 1. The second-order valence-electron chi connectivity index (χ2n) is 5.01. The third-order valence-electron chi connectivity index (χ3n) is 3.77. The Labute approximate surface area is 105 Å². The minimum Gasteiger partial charge on any atom is -0.368 e. The molecule has 17 heavy (non-hydrogen) atoms. The highest BCUT2D eigenvalue weighted by Crippen LogP contribution is 2.21. The number of likely N-dealkylation sites (N-methyl/N-ethyl adjacent to an activating group) is 1. The maximum atomic E-state index is 11.2. The molecule has 4 heteroatoms. The summed E-state index contributed by atoms with van der Waals surface area (Å²) in [5, 5.41) is 2.99. The van der Waals surface area contributed by atoms with Gasteiger partial charge in [0.1, 0.15) is 0 Å². The molecule has 0 spiro atoms. The zero-order valence-corrected chi connectivity index (χ0v) is 11.2. The maximum Gasteiger partial charge on any atom is 0.234 e. The molecule has 1 amide bonds. The molecule has 1 fully saturated rings. The van der Waals surface area contributed by atoms with E-state index >= 15 is 0 Å². The molecule has 2 atom stereocenters. The van der Waals surface area contributed by atoms with Crippen LogP contribution in [0.2, 0.25) is 0 Å². The van der Waals surface area contributed by atoms with Crippen molar-refractivity contribution in [2.75, 3.05) is 20.1 Å². The van der Waals surface area contributed by atoms with Crippen LogP contribution in [0.4, 0.5) is 0 Å². The van der Waals surface area contributed by atoms with Crippen LogP contribution in [0.15, 0.2) is 0 Å². The molecule has 0 aromatic heterocycles. The number of piperidine rings is 1. The molecular weight excluding hydrogens is 214 g/mol. The summed E-state index contributed by atoms with van der Waals surface area (Å²) in [6, 6.07) is 0.540. The standard InChI is InChI=1S/C13H27N3O/c1-3-6-11-7-4-5-9-16(11)10-8-12(15-2)13(14)17/h11-12,15H,3-10H2,1-2H3,(H2,14,17). The first-order valence-electron chi connectivity index (χ1n) is 6.89. The van der Waals surface area contributed by atoms with Crippen molar-refractivity contribution in [3.63, 3.8) is 0 Å². The van der Waals surface area contributed by atoms with Crippen LogP contribution in [0.3, 0.4) is 0 Å². The van der Waals surface area contributed by atoms with Gasteiger partial charge in [0, 0.05) is 12.6 Å². The Hall–Kier alpha value is -0.610. The van der Waals surface area contributed by atoms with Crippen molar-refractivity contribution in [3.8, 4) is 0 Å². The van der Waals surface area contributed by atoms with Crippen LogP contribution in [-0.2, 0) is 4.79 Å². The molecule has 1 aliphatic rings. The highest BCUT2D eigenvalue weighted by molar-refractivity contribution is 5.79. The third-order valence-corrected chi connectivity index (χ3v) is 3.77. The number of likely N-dealkylation sites (tertiary alicyclic amines) is 1. The summed E-state index contributed by atoms with van der Waals surface area (Å²) in [6.45, 7) is 4.41. The molecule has 100 valence electrons. The lowest BCUT2D eigenvalue weighted by atomic mass is 9.97. The first kappa shape index (κ1) is 14.5. The van der Waals surface area contributed by atoms with Gasteiger partial charge in [-0.1, -0.05) is 19.8 Å². The topological polar surface area (TPSA) is 58.4 Å². The van der Waals surface area contributed by atoms with Crippen LogP contribution in [-0.4, -0.2) is 43.0 Å². The second-order valence-corrected chi connectivity index (χ2v) is 5.01. The molecule has 4 nitrogen and oxygen atoms in total. The van der Waals surface area contributed by atoms with E-state index in [2.05, 4.69) is 17.1 Å². The zero-order chi connectivity index (χ0) is 12.7. The number of rotatable bonds is 7. The Balaban J connectivity index is 2.39. The molecule has 0 aromatic rings. The molecule has 1 saturated heterocycles. The number of primary amides is 1. The van der Waals surface area contributed by atoms with Crippen molar-refractivity contribution in [1.29, 1.82) is 0 Å². The zero-order valence-electron chi connectivity index (χ0n) is 11.2. The van der Waals surface area contributed by atoms with Gasteiger partial charge in [-0.05, 0) is 39.3 Å². The normalized spacial score (nSPS) is 23.5. The molecular formula is C13H27N3O. The van der Waals surface area contributed by atoms with Crippen molar-refractivity contribution >= 4 is 5.91 Å². The molecule has 0 radical (unpaired) electrons. The third kappa shape index (κ3) is 4.64. The van der Waals surface area contributed by atoms with E-state index in [9.17, 15) is 4.79 Å². The quantitative estimate of drug-likeness (QED) is 0.702. The lowest BCUT2D eigenvalue weighted by molar-refractivity contribution is -0.120. The van der Waals surface area contributed by atoms with Gasteiger partial charge in [0.15, 0.2) is 0 Å². The van der Waals surface area contributed by atoms with Gasteiger partial charge < -0.3 is 16.0 Å². The summed E-state index contributed by atoms with van der Waals surface area (Å²) in [7, 11) is 1.80. The van der Waals surface area contributed by atoms with Crippen molar-refractivity contribution < 1.29 is 4.79 Å². The lowest BCUT2D eigenvalue weighted by Gasteiger charge is -2.36. The van der Waals surface area contributed by atoms with Gasteiger partial charge in [0.25, 0.3) is 0 Å². The van der Waals surface area contributed by atoms with E-state index < -0.39 is 0 Å². The Kier molecular flexibility index (Phi) is 6.52. The predicted molar refractivity (Wildman–Crippen MR) is 70.8 cm³/mol. The van der Waals surface area contributed by atoms with E-state index in [0.29, 0.717) is 0 Å². The van der Waals surface area contributed by atoms with E-state index in [-0.39, 0.29) is 11.9 Å². The summed E-state index contributed by atoms with van der Waals surface area (Å²) in [4.78, 5) is 13.7. The molecule has 0 bridgehead atoms. The second kappa shape index (κ2) is 7.67. The van der Waals surface area contributed by atoms with E-state index in [0.717, 1.165) is 19.0 Å². The van der Waals surface area contributed by atoms with Gasteiger partial charge in [-0.25, -0.2) is 0 Å². The minimum atomic E-state index is -0.239. The molecule has 2 unspecified atom stereocenters. The molecule has 1 heterocycles. The van der Waals surface area contributed by atoms with Crippen LogP contribution in [0.1, 0.15) is 45.4 Å². The summed E-state index contributed by atoms with van der Waals surface area (Å²) in [5.74, 6) is -0.239. The molecule has 0 aliphatic carbocycles. The highest BCUT2D eigenvalue weighted by atomic mass is 16.1. The maximum absolute atomic E-state index is 11.2. The van der Waals surface area contributed by atoms with Gasteiger partial charge in [-0.3, -0.25) is 4.79 Å². The average molecular weight is 241 g/mol. The number of nitrogens with two attached hydrogens (primary N) is 1. The Bertz CT molecular complexity index is 231. The molecule has 1 rings (SSSR count). The molecule has 0 aromatic carbocycles. The van der Waals surface area contributed by atoms with Gasteiger partial charge in [0.05, 0.1) is 6.04 Å². The van der Waals surface area contributed by atoms with E-state index in [1.54, 1.807) is 7.05 Å². The van der Waals surface area contributed by atoms with Crippen molar-refractivity contribution in [2.45, 2.75) is 57.5 Å². The van der Waals surface area contributed by atoms with E-state index in [4.69, 9.17) is 5.73 Å². The smallest absolute Gasteiger partial charge is 0.234 e. The Morgan fingerprint density at radius 1 is 1.53 bits per heavy atom. The Morgan fingerprint density at radius 3 is 2.88 bits per heavy atom. The van der Waals surface area contributed by atoms with Crippen molar-refractivity contribution in [2.24, 2.45) is 5.73 Å². The van der Waals surface area contributed by atoms with E-state index in [1.165, 1.54) is 38.6 Å². The van der Waals surface area contributed by atoms with Gasteiger partial charge in [-0.2, -0.15) is 0 Å². The largest absolute Gasteiger partial charge is 0.368 e. The highest BCUT2D eigenvalue weighted by Gasteiger charge is 2.23. The number of hydrogen-bond acceptors (Lipinski definition) is 3. The summed E-state index contributed by atoms with van der Waals surface area (Å²) in [5.41, 5.74) is 5.34. The first-order valence-corrected chi connectivity index (χ1v) is 6.89. The number of hydrogen-bond donors (Lipinski definition) is 2. The van der Waals surface area contributed by atoms with Crippen LogP contribution in [0.25, 0.3) is 0 Å². The van der Waals surface area contributed by atoms with Gasteiger partial charge >= 0.3 is 0 Å². The summed E-state index contributed by atoms with van der Waals surface area (Å²) in [6.07, 6.45) is 7.31. The van der Waals surface area contributed by atoms with Gasteiger partial charge in [-0.15, -0.1) is 0 Å². The monoisotopic (exact) mass is 241 g/mol. The number of carbonyl (C=O) groups is 1. The van der Waals surface area contributed by atoms with Crippen LogP contribution >= 0.6 is 0 Å². The minimum absolute atomic E-state index is 0.181. The van der Waals surface area contributed by atoms with Crippen molar-refractivity contribution in [1.82, 2.24) is 10.2 Å². The summed E-state index contributed by atoms with van der Waals surface area (Å²) < 4.78 is 0. The van der Waals surface area contributed by atoms with Crippen LogP contribution in [0.5, 0.6) is 0 Å². The Morgan fingerprint density at radius 2 is 2.29 bits per heavy atom. The lowest BCUT2D eigenvalue weighted by Crippen LogP contribution is -2.45. The first-order chi connectivity index (χ1) is 8.19. The average Bonchev–Trinajstić information content (AvgIpc) is 2.32. The number of nitrogens with one attached hydrogen (secondary N) is 1. The number of carbonyl (C=O) groups excluding carboxylic acids is 1. The summed E-state index contributed by atoms with van der Waals surface area (Å²) >= 11 is 0. The van der Waals surface area contributed by atoms with Crippen LogP contribution in [0, 0.1) is 0 Å². The molecule has 1 aliphatic heterocycles. The molecule has 3 N–H and O–H groups in total. The molecule has 0 saturated carbocycles. The van der Waals surface area contributed by atoms with Crippen molar-refractivity contribution in [3.05, 3.63) is 0 Å². The fourth-order valence-corrected chi connectivity index (χ4v) is 2.74. The fraction of sp³-hybridized carbons (Fsp3) is 0.923. The SMILES string of the molecule is CCCC1CCCCN1CCC(NC)C(N)=O. The van der Waals surface area contributed by atoms with Crippen LogP contribution < -0.4 is 11.1 Å². The fourth-order valence-electron chi connectivity index (χ4n) is 2.74.